The largest absolute Gasteiger partial charge is 0.347 e. The fourth-order valence-electron chi connectivity index (χ4n) is 3.01. The predicted molar refractivity (Wildman–Crippen MR) is 97.6 cm³/mol. The third-order valence-electron chi connectivity index (χ3n) is 4.24. The molecular formula is C17H21ClFN5O2. The fraction of sp³-hybridized carbons (Fsp3) is 0.353. The lowest BCUT2D eigenvalue weighted by Gasteiger charge is -2.17. The standard InChI is InChI=1S/C17H20FN5O2.ClH/c1-23-10-11(6-21-23)14-7-19-8-15(14)17(25)20-9-16(24)22-13-4-2-3-12(18)5-13;/h2-6,10,14-15,19H,7-9H2,1H3,(H,20,25)(H,22,24);1H/t14-,15+;/m1./s1. The van der Waals surface area contributed by atoms with E-state index in [4.69, 9.17) is 0 Å². The van der Waals surface area contributed by atoms with Crippen LogP contribution in [0.3, 0.4) is 0 Å². The summed E-state index contributed by atoms with van der Waals surface area (Å²) in [5.41, 5.74) is 1.35. The number of aryl methyl sites for hydroxylation is 1. The van der Waals surface area contributed by atoms with Crippen LogP contribution in [0.15, 0.2) is 36.7 Å². The van der Waals surface area contributed by atoms with Gasteiger partial charge < -0.3 is 16.0 Å². The highest BCUT2D eigenvalue weighted by molar-refractivity contribution is 5.95. The number of anilines is 1. The number of carbonyl (C=O) groups is 2. The minimum atomic E-state index is -0.432. The van der Waals surface area contributed by atoms with Crippen LogP contribution in [-0.2, 0) is 16.6 Å². The molecule has 2 heterocycles. The molecule has 0 unspecified atom stereocenters. The number of rotatable bonds is 5. The first kappa shape index (κ1) is 19.9. The topological polar surface area (TPSA) is 88.0 Å². The Hall–Kier alpha value is -2.45. The molecule has 7 nitrogen and oxygen atoms in total. The average molecular weight is 382 g/mol. The van der Waals surface area contributed by atoms with Gasteiger partial charge in [-0.1, -0.05) is 6.07 Å². The molecule has 3 N–H and O–H groups in total. The zero-order chi connectivity index (χ0) is 17.8. The molecule has 1 aliphatic heterocycles. The maximum atomic E-state index is 13.1. The van der Waals surface area contributed by atoms with Gasteiger partial charge in [0.25, 0.3) is 0 Å². The van der Waals surface area contributed by atoms with Crippen LogP contribution in [0.25, 0.3) is 0 Å². The second-order valence-corrected chi connectivity index (χ2v) is 6.09. The van der Waals surface area contributed by atoms with Crippen molar-refractivity contribution in [1.29, 1.82) is 0 Å². The van der Waals surface area contributed by atoms with E-state index in [1.165, 1.54) is 18.2 Å². The molecule has 26 heavy (non-hydrogen) atoms. The highest BCUT2D eigenvalue weighted by atomic mass is 35.5. The van der Waals surface area contributed by atoms with E-state index >= 15 is 0 Å². The van der Waals surface area contributed by atoms with Crippen molar-refractivity contribution >= 4 is 29.9 Å². The normalized spacial score (nSPS) is 18.8. The van der Waals surface area contributed by atoms with E-state index in [9.17, 15) is 14.0 Å². The van der Waals surface area contributed by atoms with Gasteiger partial charge in [0.05, 0.1) is 18.7 Å². The molecule has 1 aliphatic rings. The monoisotopic (exact) mass is 381 g/mol. The Bertz CT molecular complexity index is 782. The number of nitrogens with zero attached hydrogens (tertiary/aromatic N) is 2. The van der Waals surface area contributed by atoms with Gasteiger partial charge in [-0.3, -0.25) is 14.3 Å². The SMILES string of the molecule is Cl.Cn1cc([C@H]2CNC[C@@H]2C(=O)NCC(=O)Nc2cccc(F)c2)cn1. The molecule has 0 radical (unpaired) electrons. The van der Waals surface area contributed by atoms with E-state index in [1.807, 2.05) is 13.2 Å². The van der Waals surface area contributed by atoms with Gasteiger partial charge in [-0.15, -0.1) is 12.4 Å². The number of benzene rings is 1. The minimum Gasteiger partial charge on any atom is -0.347 e. The van der Waals surface area contributed by atoms with E-state index in [1.54, 1.807) is 16.9 Å². The Kier molecular flexibility index (Phi) is 6.70. The molecule has 2 amide bonds. The molecule has 0 saturated carbocycles. The van der Waals surface area contributed by atoms with Crippen LogP contribution in [0, 0.1) is 11.7 Å². The van der Waals surface area contributed by atoms with Crippen molar-refractivity contribution in [3.8, 4) is 0 Å². The number of carbonyl (C=O) groups excluding carboxylic acids is 2. The van der Waals surface area contributed by atoms with Crippen molar-refractivity contribution in [3.63, 3.8) is 0 Å². The van der Waals surface area contributed by atoms with Crippen LogP contribution in [0.1, 0.15) is 11.5 Å². The predicted octanol–water partition coefficient (Wildman–Crippen LogP) is 1.04. The van der Waals surface area contributed by atoms with Crippen molar-refractivity contribution in [2.24, 2.45) is 13.0 Å². The molecule has 1 aromatic heterocycles. The van der Waals surface area contributed by atoms with Gasteiger partial charge in [0.15, 0.2) is 0 Å². The Balaban J connectivity index is 0.00000243. The van der Waals surface area contributed by atoms with Crippen molar-refractivity contribution in [1.82, 2.24) is 20.4 Å². The van der Waals surface area contributed by atoms with Crippen LogP contribution < -0.4 is 16.0 Å². The second kappa shape index (κ2) is 8.77. The molecule has 1 saturated heterocycles. The van der Waals surface area contributed by atoms with Gasteiger partial charge in [0.2, 0.25) is 11.8 Å². The lowest BCUT2D eigenvalue weighted by Crippen LogP contribution is -2.39. The smallest absolute Gasteiger partial charge is 0.243 e. The number of amides is 2. The van der Waals surface area contributed by atoms with Gasteiger partial charge in [-0.25, -0.2) is 4.39 Å². The number of nitrogens with one attached hydrogen (secondary N) is 3. The van der Waals surface area contributed by atoms with Gasteiger partial charge in [0.1, 0.15) is 5.82 Å². The summed E-state index contributed by atoms with van der Waals surface area (Å²) in [7, 11) is 1.83. The molecule has 9 heteroatoms. The quantitative estimate of drug-likeness (QED) is 0.722. The Morgan fingerprint density at radius 1 is 1.38 bits per heavy atom. The molecular weight excluding hydrogens is 361 g/mol. The van der Waals surface area contributed by atoms with Crippen molar-refractivity contribution in [3.05, 3.63) is 48.0 Å². The molecule has 140 valence electrons. The third-order valence-corrected chi connectivity index (χ3v) is 4.24. The van der Waals surface area contributed by atoms with Crippen LogP contribution in [0.2, 0.25) is 0 Å². The summed E-state index contributed by atoms with van der Waals surface area (Å²) < 4.78 is 14.8. The number of aromatic nitrogens is 2. The lowest BCUT2D eigenvalue weighted by molar-refractivity contribution is -0.127. The molecule has 0 bridgehead atoms. The molecule has 0 aliphatic carbocycles. The summed E-state index contributed by atoms with van der Waals surface area (Å²) in [5, 5.41) is 12.6. The Morgan fingerprint density at radius 3 is 2.88 bits per heavy atom. The highest BCUT2D eigenvalue weighted by Gasteiger charge is 2.34. The summed E-state index contributed by atoms with van der Waals surface area (Å²) in [6.07, 6.45) is 3.66. The first-order valence-electron chi connectivity index (χ1n) is 8.05. The highest BCUT2D eigenvalue weighted by Crippen LogP contribution is 2.27. The van der Waals surface area contributed by atoms with Crippen molar-refractivity contribution in [2.45, 2.75) is 5.92 Å². The molecule has 0 spiro atoms. The summed E-state index contributed by atoms with van der Waals surface area (Å²) >= 11 is 0. The summed E-state index contributed by atoms with van der Waals surface area (Å²) in [6.45, 7) is 1.09. The Morgan fingerprint density at radius 2 is 2.19 bits per heavy atom. The second-order valence-electron chi connectivity index (χ2n) is 6.09. The summed E-state index contributed by atoms with van der Waals surface area (Å²) in [4.78, 5) is 24.3. The van der Waals surface area contributed by atoms with Crippen LogP contribution in [0.4, 0.5) is 10.1 Å². The average Bonchev–Trinajstić information content (AvgIpc) is 3.21. The van der Waals surface area contributed by atoms with Gasteiger partial charge in [-0.05, 0) is 23.8 Å². The van der Waals surface area contributed by atoms with E-state index in [0.717, 1.165) is 5.56 Å². The minimum absolute atomic E-state index is 0. The van der Waals surface area contributed by atoms with Crippen molar-refractivity contribution in [2.75, 3.05) is 25.0 Å². The lowest BCUT2D eigenvalue weighted by atomic mass is 9.90. The van der Waals surface area contributed by atoms with E-state index in [2.05, 4.69) is 21.0 Å². The van der Waals surface area contributed by atoms with E-state index < -0.39 is 11.7 Å². The van der Waals surface area contributed by atoms with E-state index in [0.29, 0.717) is 18.8 Å². The fourth-order valence-corrected chi connectivity index (χ4v) is 3.01. The molecule has 1 aromatic carbocycles. The first-order chi connectivity index (χ1) is 12.0. The molecule has 1 fully saturated rings. The van der Waals surface area contributed by atoms with Gasteiger partial charge in [0, 0.05) is 37.9 Å². The summed E-state index contributed by atoms with van der Waals surface area (Å²) in [5.74, 6) is -1.25. The van der Waals surface area contributed by atoms with Crippen LogP contribution >= 0.6 is 12.4 Å². The van der Waals surface area contributed by atoms with Crippen LogP contribution in [-0.4, -0.2) is 41.2 Å². The van der Waals surface area contributed by atoms with Crippen molar-refractivity contribution < 1.29 is 14.0 Å². The third kappa shape index (κ3) is 4.80. The zero-order valence-electron chi connectivity index (χ0n) is 14.2. The van der Waals surface area contributed by atoms with Gasteiger partial charge in [-0.2, -0.15) is 5.10 Å². The Labute approximate surface area is 156 Å². The first-order valence-corrected chi connectivity index (χ1v) is 8.05. The number of hydrogen-bond donors (Lipinski definition) is 3. The van der Waals surface area contributed by atoms with Gasteiger partial charge >= 0.3 is 0 Å². The zero-order valence-corrected chi connectivity index (χ0v) is 15.1. The van der Waals surface area contributed by atoms with Crippen LogP contribution in [0.5, 0.6) is 0 Å². The maximum Gasteiger partial charge on any atom is 0.243 e. The molecule has 2 atom stereocenters. The molecule has 3 rings (SSSR count). The molecule has 2 aromatic rings. The van der Waals surface area contributed by atoms with E-state index in [-0.39, 0.29) is 36.7 Å². The maximum absolute atomic E-state index is 13.1. The number of halogens is 2. The summed E-state index contributed by atoms with van der Waals surface area (Å²) in [6, 6.07) is 5.61. The number of hydrogen-bond acceptors (Lipinski definition) is 4.